The number of rotatable bonds is 3. The molecule has 0 fully saturated rings. The minimum Gasteiger partial charge on any atom is -0.294 e. The average molecular weight is 297 g/mol. The highest BCUT2D eigenvalue weighted by atomic mass is 79.9. The zero-order valence-electron chi connectivity index (χ0n) is 9.51. The van der Waals surface area contributed by atoms with Gasteiger partial charge in [0.05, 0.1) is 10.0 Å². The molecular formula is C14H14BrFO. The Hall–Kier alpha value is -0.960. The van der Waals surface area contributed by atoms with E-state index in [1.54, 1.807) is 18.2 Å². The Morgan fingerprint density at radius 1 is 1.35 bits per heavy atom. The lowest BCUT2D eigenvalue weighted by Gasteiger charge is -2.12. The van der Waals surface area contributed by atoms with E-state index in [0.29, 0.717) is 10.9 Å². The van der Waals surface area contributed by atoms with Gasteiger partial charge in [-0.15, -0.1) is 0 Å². The number of hydrogen-bond donors (Lipinski definition) is 0. The standard InChI is InChI=1S/C14H14BrFO/c15-12-8-4-7-11(14(12)16)13(17)9-10-5-2-1-3-6-10/h4-5,7-8H,1-3,6,9H2. The molecule has 2 rings (SSSR count). The summed E-state index contributed by atoms with van der Waals surface area (Å²) in [6, 6.07) is 4.84. The third-order valence-electron chi connectivity index (χ3n) is 3.02. The molecule has 1 aliphatic carbocycles. The molecule has 0 radical (unpaired) electrons. The van der Waals surface area contributed by atoms with E-state index < -0.39 is 5.82 Å². The smallest absolute Gasteiger partial charge is 0.169 e. The number of halogens is 2. The quantitative estimate of drug-likeness (QED) is 0.585. The minimum absolute atomic E-state index is 0.128. The molecule has 0 heterocycles. The summed E-state index contributed by atoms with van der Waals surface area (Å²) in [6.45, 7) is 0. The third-order valence-corrected chi connectivity index (χ3v) is 3.64. The van der Waals surface area contributed by atoms with Crippen LogP contribution in [0.2, 0.25) is 0 Å². The molecule has 1 aromatic rings. The van der Waals surface area contributed by atoms with Crippen LogP contribution >= 0.6 is 15.9 Å². The Morgan fingerprint density at radius 3 is 2.88 bits per heavy atom. The predicted molar refractivity (Wildman–Crippen MR) is 69.6 cm³/mol. The number of hydrogen-bond acceptors (Lipinski definition) is 1. The summed E-state index contributed by atoms with van der Waals surface area (Å²) in [5.74, 6) is -0.578. The molecule has 1 nitrogen and oxygen atoms in total. The van der Waals surface area contributed by atoms with Gasteiger partial charge in [0.1, 0.15) is 5.82 Å². The molecule has 0 aromatic heterocycles. The summed E-state index contributed by atoms with van der Waals surface area (Å²) in [5.41, 5.74) is 1.34. The fraction of sp³-hybridized carbons (Fsp3) is 0.357. The lowest BCUT2D eigenvalue weighted by Crippen LogP contribution is -2.05. The maximum atomic E-state index is 13.7. The Bertz CT molecular complexity index is 465. The van der Waals surface area contributed by atoms with Crippen LogP contribution < -0.4 is 0 Å². The molecule has 0 saturated carbocycles. The Morgan fingerprint density at radius 2 is 2.18 bits per heavy atom. The molecule has 0 spiro atoms. The fourth-order valence-electron chi connectivity index (χ4n) is 2.09. The first kappa shape index (κ1) is 12.5. The highest BCUT2D eigenvalue weighted by Gasteiger charge is 2.16. The van der Waals surface area contributed by atoms with Crippen molar-refractivity contribution in [1.82, 2.24) is 0 Å². The summed E-state index contributed by atoms with van der Waals surface area (Å²) >= 11 is 3.10. The zero-order valence-corrected chi connectivity index (χ0v) is 11.1. The monoisotopic (exact) mass is 296 g/mol. The summed E-state index contributed by atoms with van der Waals surface area (Å²) in [6.07, 6.45) is 6.83. The predicted octanol–water partition coefficient (Wildman–Crippen LogP) is 4.66. The van der Waals surface area contributed by atoms with Gasteiger partial charge in [0.25, 0.3) is 0 Å². The average Bonchev–Trinajstić information content (AvgIpc) is 2.34. The minimum atomic E-state index is -0.450. The van der Waals surface area contributed by atoms with Crippen LogP contribution in [-0.4, -0.2) is 5.78 Å². The maximum Gasteiger partial charge on any atom is 0.169 e. The first-order valence-corrected chi connectivity index (χ1v) is 6.63. The lowest BCUT2D eigenvalue weighted by atomic mass is 9.93. The summed E-state index contributed by atoms with van der Waals surface area (Å²) in [4.78, 5) is 12.0. The number of carbonyl (C=O) groups is 1. The van der Waals surface area contributed by atoms with Crippen LogP contribution in [0.15, 0.2) is 34.3 Å². The third kappa shape index (κ3) is 3.03. The van der Waals surface area contributed by atoms with E-state index in [1.807, 2.05) is 0 Å². The van der Waals surface area contributed by atoms with E-state index in [4.69, 9.17) is 0 Å². The van der Waals surface area contributed by atoms with Crippen molar-refractivity contribution in [2.75, 3.05) is 0 Å². The zero-order chi connectivity index (χ0) is 12.3. The SMILES string of the molecule is O=C(CC1=CCCCC1)c1cccc(Br)c1F. The number of allylic oxidation sites excluding steroid dienone is 2. The molecule has 0 unspecified atom stereocenters. The van der Waals surface area contributed by atoms with E-state index in [0.717, 1.165) is 24.8 Å². The van der Waals surface area contributed by atoms with Crippen molar-refractivity contribution >= 4 is 21.7 Å². The lowest BCUT2D eigenvalue weighted by molar-refractivity contribution is 0.0987. The van der Waals surface area contributed by atoms with Gasteiger partial charge in [0, 0.05) is 6.42 Å². The molecule has 1 aromatic carbocycles. The molecule has 17 heavy (non-hydrogen) atoms. The second kappa shape index (κ2) is 5.58. The normalized spacial score (nSPS) is 15.5. The van der Waals surface area contributed by atoms with Crippen LogP contribution in [0.1, 0.15) is 42.5 Å². The fourth-order valence-corrected chi connectivity index (χ4v) is 2.45. The second-order valence-electron chi connectivity index (χ2n) is 4.31. The number of carbonyl (C=O) groups excluding carboxylic acids is 1. The molecule has 0 atom stereocenters. The second-order valence-corrected chi connectivity index (χ2v) is 5.16. The molecule has 0 bridgehead atoms. The van der Waals surface area contributed by atoms with Crippen molar-refractivity contribution < 1.29 is 9.18 Å². The van der Waals surface area contributed by atoms with Gasteiger partial charge in [0.2, 0.25) is 0 Å². The maximum absolute atomic E-state index is 13.7. The highest BCUT2D eigenvalue weighted by Crippen LogP contribution is 2.24. The molecule has 90 valence electrons. The molecule has 0 aliphatic heterocycles. The number of benzene rings is 1. The molecule has 0 N–H and O–H groups in total. The van der Waals surface area contributed by atoms with Crippen LogP contribution in [-0.2, 0) is 0 Å². The summed E-state index contributed by atoms with van der Waals surface area (Å²) < 4.78 is 14.1. The highest BCUT2D eigenvalue weighted by molar-refractivity contribution is 9.10. The summed E-state index contributed by atoms with van der Waals surface area (Å²) in [5, 5.41) is 0. The van der Waals surface area contributed by atoms with Crippen molar-refractivity contribution in [1.29, 1.82) is 0 Å². The molecule has 0 amide bonds. The first-order valence-electron chi connectivity index (χ1n) is 5.83. The van der Waals surface area contributed by atoms with Crippen LogP contribution in [0.25, 0.3) is 0 Å². The van der Waals surface area contributed by atoms with Gasteiger partial charge in [0.15, 0.2) is 5.78 Å². The van der Waals surface area contributed by atoms with Gasteiger partial charge in [-0.25, -0.2) is 4.39 Å². The van der Waals surface area contributed by atoms with E-state index in [1.165, 1.54) is 6.42 Å². The van der Waals surface area contributed by atoms with Crippen molar-refractivity contribution in [3.63, 3.8) is 0 Å². The number of Topliss-reactive ketones (excluding diaryl/α,β-unsaturated/α-hetero) is 1. The van der Waals surface area contributed by atoms with E-state index >= 15 is 0 Å². The molecule has 0 saturated heterocycles. The van der Waals surface area contributed by atoms with Gasteiger partial charge < -0.3 is 0 Å². The molecule has 1 aliphatic rings. The van der Waals surface area contributed by atoms with Gasteiger partial charge >= 0.3 is 0 Å². The van der Waals surface area contributed by atoms with Gasteiger partial charge in [-0.1, -0.05) is 17.7 Å². The Kier molecular flexibility index (Phi) is 4.11. The van der Waals surface area contributed by atoms with E-state index in [9.17, 15) is 9.18 Å². The first-order chi connectivity index (χ1) is 8.18. The van der Waals surface area contributed by atoms with Crippen molar-refractivity contribution in [3.05, 3.63) is 45.7 Å². The summed E-state index contributed by atoms with van der Waals surface area (Å²) in [7, 11) is 0. The van der Waals surface area contributed by atoms with Gasteiger partial charge in [-0.3, -0.25) is 4.79 Å². The van der Waals surface area contributed by atoms with Crippen LogP contribution in [0, 0.1) is 5.82 Å². The molecule has 3 heteroatoms. The van der Waals surface area contributed by atoms with Gasteiger partial charge in [-0.2, -0.15) is 0 Å². The Balaban J connectivity index is 2.14. The topological polar surface area (TPSA) is 17.1 Å². The number of ketones is 1. The van der Waals surface area contributed by atoms with Crippen LogP contribution in [0.3, 0.4) is 0 Å². The Labute approximate surface area is 109 Å². The van der Waals surface area contributed by atoms with Crippen LogP contribution in [0.4, 0.5) is 4.39 Å². The van der Waals surface area contributed by atoms with Crippen LogP contribution in [0.5, 0.6) is 0 Å². The van der Waals surface area contributed by atoms with Gasteiger partial charge in [-0.05, 0) is 53.7 Å². The largest absolute Gasteiger partial charge is 0.294 e. The van der Waals surface area contributed by atoms with E-state index in [2.05, 4.69) is 22.0 Å². The molecular weight excluding hydrogens is 283 g/mol. The van der Waals surface area contributed by atoms with E-state index in [-0.39, 0.29) is 11.3 Å². The van der Waals surface area contributed by atoms with Crippen molar-refractivity contribution in [2.45, 2.75) is 32.1 Å². The van der Waals surface area contributed by atoms with Crippen molar-refractivity contribution in [2.24, 2.45) is 0 Å². The van der Waals surface area contributed by atoms with Crippen molar-refractivity contribution in [3.8, 4) is 0 Å².